The van der Waals surface area contributed by atoms with Crippen molar-refractivity contribution in [3.05, 3.63) is 16.4 Å². The molecule has 1 aromatic heterocycles. The Hall–Kier alpha value is -0.863. The number of halogens is 1. The summed E-state index contributed by atoms with van der Waals surface area (Å²) >= 11 is 3.48. The number of hydrogen-bond donors (Lipinski definition) is 1. The fourth-order valence-corrected chi connectivity index (χ4v) is 4.35. The molecule has 0 spiro atoms. The van der Waals surface area contributed by atoms with E-state index in [4.69, 9.17) is 9.47 Å². The second kappa shape index (κ2) is 9.09. The lowest BCUT2D eigenvalue weighted by Crippen LogP contribution is -2.42. The van der Waals surface area contributed by atoms with E-state index < -0.39 is 8.07 Å². The first kappa shape index (κ1) is 22.4. The molecule has 0 aliphatic heterocycles. The Kier molecular flexibility index (Phi) is 7.55. The molecule has 1 aromatic rings. The number of carbonyl (C=O) groups excluding carboxylic acids is 1. The summed E-state index contributed by atoms with van der Waals surface area (Å²) in [5, 5.41) is 7.38. The maximum absolute atomic E-state index is 12.0. The highest BCUT2D eigenvalue weighted by Crippen LogP contribution is 2.37. The maximum Gasteiger partial charge on any atom is 0.407 e. The zero-order valence-electron chi connectivity index (χ0n) is 17.5. The molecule has 0 aromatic carbocycles. The van der Waals surface area contributed by atoms with Gasteiger partial charge in [0.05, 0.1) is 0 Å². The van der Waals surface area contributed by atoms with Gasteiger partial charge in [0, 0.05) is 31.8 Å². The Morgan fingerprint density at radius 3 is 2.70 bits per heavy atom. The van der Waals surface area contributed by atoms with E-state index >= 15 is 0 Å². The summed E-state index contributed by atoms with van der Waals surface area (Å²) < 4.78 is 14.2. The molecule has 0 unspecified atom stereocenters. The van der Waals surface area contributed by atoms with Crippen LogP contribution in [-0.4, -0.2) is 42.2 Å². The summed E-state index contributed by atoms with van der Waals surface area (Å²) in [6.07, 6.45) is 2.30. The molecule has 1 fully saturated rings. The highest BCUT2D eigenvalue weighted by atomic mass is 79.9. The van der Waals surface area contributed by atoms with Crippen LogP contribution in [-0.2, 0) is 16.2 Å². The van der Waals surface area contributed by atoms with Gasteiger partial charge in [-0.3, -0.25) is 0 Å². The highest BCUT2D eigenvalue weighted by Gasteiger charge is 2.31. The van der Waals surface area contributed by atoms with Gasteiger partial charge in [-0.05, 0) is 68.1 Å². The molecular weight excluding hydrogens is 426 g/mol. The predicted molar refractivity (Wildman–Crippen MR) is 114 cm³/mol. The third-order valence-corrected chi connectivity index (χ3v) is 6.64. The topological polar surface area (TPSA) is 65.4 Å². The number of nitrogens with zero attached hydrogens (tertiary/aromatic N) is 2. The second-order valence-corrected chi connectivity index (χ2v) is 16.1. The average molecular weight is 460 g/mol. The number of amides is 1. The first-order chi connectivity index (χ1) is 12.4. The number of nitrogens with one attached hydrogen (secondary N) is 1. The molecule has 0 radical (unpaired) electrons. The van der Waals surface area contributed by atoms with Crippen molar-refractivity contribution in [2.75, 3.05) is 6.61 Å². The minimum absolute atomic E-state index is 0.0488. The first-order valence-corrected chi connectivity index (χ1v) is 14.2. The summed E-state index contributed by atoms with van der Waals surface area (Å²) in [6.45, 7) is 14.1. The van der Waals surface area contributed by atoms with Gasteiger partial charge in [0.1, 0.15) is 17.4 Å². The third-order valence-electron chi connectivity index (χ3n) is 4.54. The van der Waals surface area contributed by atoms with E-state index in [2.05, 4.69) is 52.1 Å². The molecular formula is C19H34BrN3O3Si. The Morgan fingerprint density at radius 1 is 1.37 bits per heavy atom. The van der Waals surface area contributed by atoms with Crippen molar-refractivity contribution in [3.63, 3.8) is 0 Å². The molecule has 2 atom stereocenters. The van der Waals surface area contributed by atoms with Gasteiger partial charge in [0.2, 0.25) is 0 Å². The smallest absolute Gasteiger partial charge is 0.407 e. The van der Waals surface area contributed by atoms with Crippen LogP contribution in [0.5, 0.6) is 0 Å². The van der Waals surface area contributed by atoms with E-state index in [-0.39, 0.29) is 17.7 Å². The maximum atomic E-state index is 12.0. The van der Waals surface area contributed by atoms with Crippen molar-refractivity contribution >= 4 is 30.1 Å². The first-order valence-electron chi connectivity index (χ1n) is 9.73. The summed E-state index contributed by atoms with van der Waals surface area (Å²) in [5.74, 6) is 0.330. The van der Waals surface area contributed by atoms with Gasteiger partial charge in [0.25, 0.3) is 0 Å². The van der Waals surface area contributed by atoms with Crippen molar-refractivity contribution in [1.29, 1.82) is 0 Å². The Labute approximate surface area is 172 Å². The fourth-order valence-electron chi connectivity index (χ4n) is 3.16. The monoisotopic (exact) mass is 459 g/mol. The van der Waals surface area contributed by atoms with Gasteiger partial charge >= 0.3 is 6.09 Å². The lowest BCUT2D eigenvalue weighted by Gasteiger charge is -2.22. The van der Waals surface area contributed by atoms with E-state index in [1.54, 1.807) is 0 Å². The summed E-state index contributed by atoms with van der Waals surface area (Å²) in [5.41, 5.74) is 0.864. The molecule has 6 nitrogen and oxygen atoms in total. The van der Waals surface area contributed by atoms with Crippen LogP contribution >= 0.6 is 15.9 Å². The molecule has 1 heterocycles. The van der Waals surface area contributed by atoms with Crippen LogP contribution < -0.4 is 5.32 Å². The van der Waals surface area contributed by atoms with Crippen LogP contribution in [0.2, 0.25) is 25.7 Å². The van der Waals surface area contributed by atoms with E-state index in [1.807, 2.05) is 25.5 Å². The second-order valence-electron chi connectivity index (χ2n) is 9.65. The number of rotatable bonds is 7. The van der Waals surface area contributed by atoms with Crippen molar-refractivity contribution in [3.8, 4) is 0 Å². The lowest BCUT2D eigenvalue weighted by molar-refractivity contribution is 0.0745. The molecule has 1 aliphatic carbocycles. The lowest BCUT2D eigenvalue weighted by atomic mass is 10.0. The molecule has 0 saturated heterocycles. The van der Waals surface area contributed by atoms with Gasteiger partial charge in [-0.1, -0.05) is 19.6 Å². The van der Waals surface area contributed by atoms with Crippen LogP contribution in [0.4, 0.5) is 4.79 Å². The SMILES string of the molecule is CC(C)(C)NC(=O)O[C@@H]1CC[C@H](c2cc(Br)nn2COCC[Si](C)(C)C)C1. The Balaban J connectivity index is 1.88. The number of aromatic nitrogens is 2. The fraction of sp³-hybridized carbons (Fsp3) is 0.789. The van der Waals surface area contributed by atoms with E-state index in [0.29, 0.717) is 12.6 Å². The summed E-state index contributed by atoms with van der Waals surface area (Å²) in [6, 6.07) is 3.21. The molecule has 1 aliphatic rings. The standard InChI is InChI=1S/C19H34BrN3O3Si/c1-19(2,3)21-18(24)26-15-8-7-14(11-15)16-12-17(20)22-23(16)13-25-9-10-27(4,5)6/h12,14-15H,7-11,13H2,1-6H3,(H,21,24)/t14-,15+/m0/s1. The van der Waals surface area contributed by atoms with Crippen LogP contribution in [0.1, 0.15) is 51.6 Å². The van der Waals surface area contributed by atoms with Crippen molar-refractivity contribution < 1.29 is 14.3 Å². The van der Waals surface area contributed by atoms with Crippen LogP contribution in [0, 0.1) is 0 Å². The van der Waals surface area contributed by atoms with Crippen LogP contribution in [0.15, 0.2) is 10.7 Å². The third kappa shape index (κ3) is 7.95. The minimum atomic E-state index is -1.09. The number of ether oxygens (including phenoxy) is 2. The van der Waals surface area contributed by atoms with Gasteiger partial charge < -0.3 is 14.8 Å². The predicted octanol–water partition coefficient (Wildman–Crippen LogP) is 5.12. The molecule has 0 bridgehead atoms. The molecule has 8 heteroatoms. The molecule has 1 N–H and O–H groups in total. The summed E-state index contributed by atoms with van der Waals surface area (Å²) in [4.78, 5) is 12.0. The van der Waals surface area contributed by atoms with Crippen LogP contribution in [0.3, 0.4) is 0 Å². The summed E-state index contributed by atoms with van der Waals surface area (Å²) in [7, 11) is -1.09. The van der Waals surface area contributed by atoms with E-state index in [0.717, 1.165) is 42.2 Å². The number of hydrogen-bond acceptors (Lipinski definition) is 4. The molecule has 1 amide bonds. The molecule has 2 rings (SSSR count). The zero-order chi connectivity index (χ0) is 20.2. The largest absolute Gasteiger partial charge is 0.446 e. The van der Waals surface area contributed by atoms with Crippen molar-refractivity contribution in [2.24, 2.45) is 0 Å². The van der Waals surface area contributed by atoms with E-state index in [9.17, 15) is 4.79 Å². The van der Waals surface area contributed by atoms with Gasteiger partial charge in [-0.2, -0.15) is 5.10 Å². The number of alkyl carbamates (subject to hydrolysis) is 1. The van der Waals surface area contributed by atoms with Gasteiger partial charge in [-0.25, -0.2) is 9.48 Å². The Morgan fingerprint density at radius 2 is 2.07 bits per heavy atom. The van der Waals surface area contributed by atoms with Gasteiger partial charge in [-0.15, -0.1) is 0 Å². The Bertz CT molecular complexity index is 637. The molecule has 154 valence electrons. The average Bonchev–Trinajstić information content (AvgIpc) is 3.07. The van der Waals surface area contributed by atoms with E-state index in [1.165, 1.54) is 0 Å². The normalized spacial score (nSPS) is 20.7. The minimum Gasteiger partial charge on any atom is -0.446 e. The molecule has 1 saturated carbocycles. The van der Waals surface area contributed by atoms with Crippen LogP contribution in [0.25, 0.3) is 0 Å². The van der Waals surface area contributed by atoms with Crippen molar-refractivity contribution in [1.82, 2.24) is 15.1 Å². The molecule has 27 heavy (non-hydrogen) atoms. The van der Waals surface area contributed by atoms with Crippen molar-refractivity contribution in [2.45, 2.75) is 90.0 Å². The number of carbonyl (C=O) groups is 1. The quantitative estimate of drug-likeness (QED) is 0.453. The van der Waals surface area contributed by atoms with Gasteiger partial charge in [0.15, 0.2) is 0 Å². The highest BCUT2D eigenvalue weighted by molar-refractivity contribution is 9.10. The zero-order valence-corrected chi connectivity index (χ0v) is 20.1.